The van der Waals surface area contributed by atoms with Gasteiger partial charge in [-0.1, -0.05) is 0 Å². The van der Waals surface area contributed by atoms with Crippen molar-refractivity contribution in [1.29, 1.82) is 0 Å². The number of fused-ring (bicyclic) bond motifs is 2. The molecule has 1 aromatic rings. The minimum Gasteiger partial charge on any atom is -0.311 e. The number of piperidine rings is 1. The molecule has 0 aromatic heterocycles. The van der Waals surface area contributed by atoms with E-state index in [1.807, 2.05) is 0 Å². The monoisotopic (exact) mass is 375 g/mol. The molecule has 0 amide bonds. The number of sulfonamides is 1. The minimum atomic E-state index is -3.65. The van der Waals surface area contributed by atoms with Crippen LogP contribution in [-0.2, 0) is 10.0 Å². The molecule has 134 valence electrons. The van der Waals surface area contributed by atoms with Crippen LogP contribution in [-0.4, -0.2) is 42.8 Å². The van der Waals surface area contributed by atoms with Crippen LogP contribution in [0.5, 0.6) is 0 Å². The number of hydrogen-bond acceptors (Lipinski definition) is 5. The lowest BCUT2D eigenvalue weighted by atomic mass is 10.0. The SMILES string of the molecule is Cc1cc([N+](=O)[O-])ccc1S(=O)(=O)N(C)C1CC2CCC(C1)N2.Cl. The van der Waals surface area contributed by atoms with Gasteiger partial charge in [0.1, 0.15) is 0 Å². The largest absolute Gasteiger partial charge is 0.311 e. The molecule has 1 N–H and O–H groups in total. The van der Waals surface area contributed by atoms with Crippen molar-refractivity contribution in [3.63, 3.8) is 0 Å². The highest BCUT2D eigenvalue weighted by molar-refractivity contribution is 7.89. The number of rotatable bonds is 4. The molecule has 7 nitrogen and oxygen atoms in total. The van der Waals surface area contributed by atoms with Crippen LogP contribution >= 0.6 is 12.4 Å². The average molecular weight is 376 g/mol. The van der Waals surface area contributed by atoms with Crippen molar-refractivity contribution < 1.29 is 13.3 Å². The van der Waals surface area contributed by atoms with Gasteiger partial charge in [-0.15, -0.1) is 12.4 Å². The zero-order valence-electron chi connectivity index (χ0n) is 13.6. The first-order chi connectivity index (χ1) is 10.8. The predicted molar refractivity (Wildman–Crippen MR) is 93.0 cm³/mol. The van der Waals surface area contributed by atoms with Gasteiger partial charge < -0.3 is 5.32 Å². The molecule has 1 aromatic carbocycles. The van der Waals surface area contributed by atoms with E-state index in [2.05, 4.69) is 5.32 Å². The van der Waals surface area contributed by atoms with E-state index in [0.29, 0.717) is 17.6 Å². The third-order valence-corrected chi connectivity index (χ3v) is 7.06. The van der Waals surface area contributed by atoms with E-state index in [-0.39, 0.29) is 29.0 Å². The summed E-state index contributed by atoms with van der Waals surface area (Å²) in [6.07, 6.45) is 3.84. The van der Waals surface area contributed by atoms with Gasteiger partial charge in [0.25, 0.3) is 5.69 Å². The second-order valence-electron chi connectivity index (χ2n) is 6.49. The molecule has 24 heavy (non-hydrogen) atoms. The Balaban J connectivity index is 0.00000208. The van der Waals surface area contributed by atoms with Gasteiger partial charge in [-0.3, -0.25) is 10.1 Å². The van der Waals surface area contributed by atoms with Crippen molar-refractivity contribution in [2.24, 2.45) is 0 Å². The Hall–Kier alpha value is -1.22. The molecule has 0 radical (unpaired) electrons. The summed E-state index contributed by atoms with van der Waals surface area (Å²) in [6, 6.07) is 4.68. The highest BCUT2D eigenvalue weighted by Crippen LogP contribution is 2.32. The smallest absolute Gasteiger partial charge is 0.269 e. The van der Waals surface area contributed by atoms with E-state index in [4.69, 9.17) is 0 Å². The lowest BCUT2D eigenvalue weighted by Gasteiger charge is -2.35. The first-order valence-electron chi connectivity index (χ1n) is 7.78. The summed E-state index contributed by atoms with van der Waals surface area (Å²) in [5, 5.41) is 14.3. The summed E-state index contributed by atoms with van der Waals surface area (Å²) in [6.45, 7) is 1.60. The van der Waals surface area contributed by atoms with Gasteiger partial charge in [-0.05, 0) is 44.2 Å². The molecule has 0 saturated carbocycles. The molecule has 2 atom stereocenters. The summed E-state index contributed by atoms with van der Waals surface area (Å²) < 4.78 is 27.3. The Labute approximate surface area is 148 Å². The highest BCUT2D eigenvalue weighted by atomic mass is 35.5. The fourth-order valence-corrected chi connectivity index (χ4v) is 5.29. The van der Waals surface area contributed by atoms with Gasteiger partial charge in [-0.25, -0.2) is 8.42 Å². The molecule has 2 aliphatic rings. The van der Waals surface area contributed by atoms with Crippen LogP contribution in [0, 0.1) is 17.0 Å². The average Bonchev–Trinajstić information content (AvgIpc) is 2.84. The fourth-order valence-electron chi connectivity index (χ4n) is 3.71. The fraction of sp³-hybridized carbons (Fsp3) is 0.600. The van der Waals surface area contributed by atoms with E-state index in [0.717, 1.165) is 25.7 Å². The first-order valence-corrected chi connectivity index (χ1v) is 9.22. The molecular weight excluding hydrogens is 354 g/mol. The Morgan fingerprint density at radius 2 is 1.83 bits per heavy atom. The Morgan fingerprint density at radius 1 is 1.25 bits per heavy atom. The van der Waals surface area contributed by atoms with Crippen molar-refractivity contribution in [3.05, 3.63) is 33.9 Å². The number of non-ortho nitro benzene ring substituents is 1. The zero-order valence-corrected chi connectivity index (χ0v) is 15.3. The van der Waals surface area contributed by atoms with Gasteiger partial charge in [-0.2, -0.15) is 4.31 Å². The molecular formula is C15H22ClN3O4S. The van der Waals surface area contributed by atoms with E-state index < -0.39 is 14.9 Å². The molecule has 2 aliphatic heterocycles. The van der Waals surface area contributed by atoms with Crippen LogP contribution in [0.15, 0.2) is 23.1 Å². The number of nitrogens with one attached hydrogen (secondary N) is 1. The third-order valence-electron chi connectivity index (χ3n) is 4.99. The number of hydrogen-bond donors (Lipinski definition) is 1. The molecule has 0 aliphatic carbocycles. The topological polar surface area (TPSA) is 92.5 Å². The van der Waals surface area contributed by atoms with E-state index in [1.165, 1.54) is 22.5 Å². The van der Waals surface area contributed by atoms with Gasteiger partial charge >= 0.3 is 0 Å². The van der Waals surface area contributed by atoms with Crippen LogP contribution in [0.25, 0.3) is 0 Å². The van der Waals surface area contributed by atoms with Crippen molar-refractivity contribution in [2.75, 3.05) is 7.05 Å². The highest BCUT2D eigenvalue weighted by Gasteiger charge is 2.39. The van der Waals surface area contributed by atoms with Gasteiger partial charge in [0.15, 0.2) is 0 Å². The van der Waals surface area contributed by atoms with Gasteiger partial charge in [0.05, 0.1) is 9.82 Å². The maximum Gasteiger partial charge on any atom is 0.269 e. The Morgan fingerprint density at radius 3 is 2.33 bits per heavy atom. The van der Waals surface area contributed by atoms with E-state index in [9.17, 15) is 18.5 Å². The Bertz CT molecular complexity index is 728. The van der Waals surface area contributed by atoms with Crippen LogP contribution < -0.4 is 5.32 Å². The Kier molecular flexibility index (Phi) is 5.54. The quantitative estimate of drug-likeness (QED) is 0.643. The lowest BCUT2D eigenvalue weighted by molar-refractivity contribution is -0.385. The summed E-state index contributed by atoms with van der Waals surface area (Å²) >= 11 is 0. The lowest BCUT2D eigenvalue weighted by Crippen LogP contribution is -2.48. The molecule has 3 rings (SSSR count). The molecule has 2 unspecified atom stereocenters. The molecule has 2 saturated heterocycles. The van der Waals surface area contributed by atoms with E-state index >= 15 is 0 Å². The zero-order chi connectivity index (χ0) is 16.8. The van der Waals surface area contributed by atoms with Crippen LogP contribution in [0.1, 0.15) is 31.2 Å². The van der Waals surface area contributed by atoms with Crippen molar-refractivity contribution in [1.82, 2.24) is 9.62 Å². The molecule has 9 heteroatoms. The second kappa shape index (κ2) is 6.95. The van der Waals surface area contributed by atoms with Crippen LogP contribution in [0.2, 0.25) is 0 Å². The molecule has 2 bridgehead atoms. The third kappa shape index (κ3) is 3.42. The summed E-state index contributed by atoms with van der Waals surface area (Å²) in [7, 11) is -2.03. The molecule has 0 spiro atoms. The van der Waals surface area contributed by atoms with Gasteiger partial charge in [0.2, 0.25) is 10.0 Å². The number of aryl methyl sites for hydroxylation is 1. The number of nitro groups is 1. The first kappa shape index (κ1) is 19.1. The van der Waals surface area contributed by atoms with Crippen LogP contribution in [0.4, 0.5) is 5.69 Å². The number of halogens is 1. The number of benzene rings is 1. The summed E-state index contributed by atoms with van der Waals surface area (Å²) in [4.78, 5) is 10.4. The summed E-state index contributed by atoms with van der Waals surface area (Å²) in [5.74, 6) is 0. The van der Waals surface area contributed by atoms with Gasteiger partial charge in [0, 0.05) is 37.3 Å². The number of nitrogens with zero attached hydrogens (tertiary/aromatic N) is 2. The predicted octanol–water partition coefficient (Wildman–Crippen LogP) is 2.23. The van der Waals surface area contributed by atoms with Crippen molar-refractivity contribution in [2.45, 2.75) is 55.6 Å². The van der Waals surface area contributed by atoms with Crippen LogP contribution in [0.3, 0.4) is 0 Å². The normalized spacial score (nSPS) is 26.2. The maximum atomic E-state index is 12.9. The molecule has 2 heterocycles. The summed E-state index contributed by atoms with van der Waals surface area (Å²) in [5.41, 5.74) is 0.312. The van der Waals surface area contributed by atoms with E-state index in [1.54, 1.807) is 14.0 Å². The van der Waals surface area contributed by atoms with Crippen molar-refractivity contribution in [3.8, 4) is 0 Å². The minimum absolute atomic E-state index is 0. The molecule has 2 fully saturated rings. The standard InChI is InChI=1S/C15H21N3O4S.ClH/c1-10-7-13(18(19)20)5-6-15(10)23(21,22)17(2)14-8-11-3-4-12(9-14)16-11;/h5-7,11-12,14,16H,3-4,8-9H2,1-2H3;1H. The number of nitro benzene ring substituents is 1. The maximum absolute atomic E-state index is 12.9. The second-order valence-corrected chi connectivity index (χ2v) is 8.46. The van der Waals surface area contributed by atoms with Crippen molar-refractivity contribution >= 4 is 28.1 Å².